The van der Waals surface area contributed by atoms with Crippen LogP contribution in [-0.4, -0.2) is 0 Å². The molecule has 0 aromatic rings. The topological polar surface area (TPSA) is 0 Å². The van der Waals surface area contributed by atoms with Gasteiger partial charge in [0, 0.05) is 0 Å². The Kier molecular flexibility index (Phi) is 2.62. The normalized spacial score (nSPS) is 59.0. The second kappa shape index (κ2) is 4.00. The minimum Gasteiger partial charge on any atom is -0.0625 e. The van der Waals surface area contributed by atoms with Crippen molar-refractivity contribution in [2.24, 2.45) is 40.9 Å². The molecule has 0 bridgehead atoms. The molecule has 7 unspecified atom stereocenters. The van der Waals surface area contributed by atoms with Gasteiger partial charge in [0.05, 0.1) is 0 Å². The summed E-state index contributed by atoms with van der Waals surface area (Å²) in [6, 6.07) is 0. The molecule has 4 saturated carbocycles. The minimum atomic E-state index is 0.771. The van der Waals surface area contributed by atoms with Gasteiger partial charge in [0.25, 0.3) is 0 Å². The van der Waals surface area contributed by atoms with Crippen molar-refractivity contribution in [2.45, 2.75) is 71.6 Å². The van der Waals surface area contributed by atoms with Gasteiger partial charge in [0.2, 0.25) is 0 Å². The molecule has 0 amide bonds. The first-order chi connectivity index (χ1) is 8.67. The molecule has 0 aliphatic heterocycles. The lowest BCUT2D eigenvalue weighted by Crippen LogP contribution is -2.37. The van der Waals surface area contributed by atoms with Crippen LogP contribution in [0.5, 0.6) is 0 Å². The molecule has 0 spiro atoms. The predicted octanol–water partition coefficient (Wildman–Crippen LogP) is 5.28. The van der Waals surface area contributed by atoms with Gasteiger partial charge in [-0.15, -0.1) is 0 Å². The van der Waals surface area contributed by atoms with Crippen molar-refractivity contribution in [1.29, 1.82) is 0 Å². The van der Waals surface area contributed by atoms with Crippen LogP contribution >= 0.6 is 0 Å². The monoisotopic (exact) mass is 246 g/mol. The fourth-order valence-electron chi connectivity index (χ4n) is 6.94. The third kappa shape index (κ3) is 1.56. The Hall–Kier alpha value is 0. The first-order valence-corrected chi connectivity index (χ1v) is 8.67. The third-order valence-electron chi connectivity index (χ3n) is 7.65. The molecule has 0 aromatic heterocycles. The molecule has 4 aliphatic rings. The van der Waals surface area contributed by atoms with Crippen molar-refractivity contribution in [3.63, 3.8) is 0 Å². The lowest BCUT2D eigenvalue weighted by atomic mass is 9.60. The van der Waals surface area contributed by atoms with Crippen molar-refractivity contribution in [2.75, 3.05) is 0 Å². The van der Waals surface area contributed by atoms with Crippen LogP contribution in [-0.2, 0) is 0 Å². The maximum Gasteiger partial charge on any atom is -0.0292 e. The SMILES string of the molecule is CC1CCC2C(CCC3C2CC2(C)CCCC32)C1. The Bertz CT molecular complexity index is 333. The lowest BCUT2D eigenvalue weighted by molar-refractivity contribution is 0.0412. The van der Waals surface area contributed by atoms with Gasteiger partial charge >= 0.3 is 0 Å². The van der Waals surface area contributed by atoms with Crippen LogP contribution in [0.4, 0.5) is 0 Å². The summed E-state index contributed by atoms with van der Waals surface area (Å²) in [4.78, 5) is 0. The van der Waals surface area contributed by atoms with Gasteiger partial charge < -0.3 is 0 Å². The number of hydrogen-bond donors (Lipinski definition) is 0. The van der Waals surface area contributed by atoms with E-state index in [2.05, 4.69) is 13.8 Å². The fourth-order valence-corrected chi connectivity index (χ4v) is 6.94. The molecule has 0 aromatic carbocycles. The first-order valence-electron chi connectivity index (χ1n) is 8.67. The molecule has 102 valence electrons. The Morgan fingerprint density at radius 3 is 2.61 bits per heavy atom. The maximum absolute atomic E-state index is 2.64. The predicted molar refractivity (Wildman–Crippen MR) is 76.3 cm³/mol. The van der Waals surface area contributed by atoms with Crippen LogP contribution in [0.3, 0.4) is 0 Å². The van der Waals surface area contributed by atoms with Crippen LogP contribution in [0.25, 0.3) is 0 Å². The molecule has 4 aliphatic carbocycles. The average molecular weight is 246 g/mol. The van der Waals surface area contributed by atoms with E-state index in [1.54, 1.807) is 44.9 Å². The van der Waals surface area contributed by atoms with E-state index in [1.807, 2.05) is 0 Å². The summed E-state index contributed by atoms with van der Waals surface area (Å²) in [5, 5.41) is 0. The molecular weight excluding hydrogens is 216 g/mol. The van der Waals surface area contributed by atoms with Gasteiger partial charge in [0.15, 0.2) is 0 Å². The molecule has 18 heavy (non-hydrogen) atoms. The molecular formula is C18H30. The number of hydrogen-bond acceptors (Lipinski definition) is 0. The van der Waals surface area contributed by atoms with Crippen LogP contribution in [0.1, 0.15) is 71.6 Å². The standard InChI is InChI=1S/C18H30/c1-12-5-7-14-13(10-12)6-8-15-16(14)11-18(2)9-3-4-17(15)18/h12-17H,3-11H2,1-2H3. The fraction of sp³-hybridized carbons (Fsp3) is 1.00. The van der Waals surface area contributed by atoms with E-state index in [0.29, 0.717) is 0 Å². The van der Waals surface area contributed by atoms with Gasteiger partial charge in [-0.2, -0.15) is 0 Å². The summed E-state index contributed by atoms with van der Waals surface area (Å²) in [6.45, 7) is 5.14. The molecule has 4 fully saturated rings. The van der Waals surface area contributed by atoms with Crippen molar-refractivity contribution < 1.29 is 0 Å². The summed E-state index contributed by atoms with van der Waals surface area (Å²) in [7, 11) is 0. The van der Waals surface area contributed by atoms with Gasteiger partial charge in [-0.05, 0) is 85.9 Å². The summed E-state index contributed by atoms with van der Waals surface area (Å²) in [5.41, 5.74) is 0.771. The quantitative estimate of drug-likeness (QED) is 0.546. The molecule has 0 nitrogen and oxygen atoms in total. The third-order valence-corrected chi connectivity index (χ3v) is 7.65. The molecule has 0 heteroatoms. The highest BCUT2D eigenvalue weighted by atomic mass is 14.6. The second-order valence-corrected chi connectivity index (χ2v) is 8.60. The van der Waals surface area contributed by atoms with Crippen LogP contribution in [0.2, 0.25) is 0 Å². The Balaban J connectivity index is 1.58. The zero-order chi connectivity index (χ0) is 12.3. The number of fused-ring (bicyclic) bond motifs is 5. The van der Waals surface area contributed by atoms with Gasteiger partial charge in [0.1, 0.15) is 0 Å². The highest BCUT2D eigenvalue weighted by molar-refractivity contribution is 5.06. The molecule has 0 heterocycles. The zero-order valence-corrected chi connectivity index (χ0v) is 12.3. The molecule has 0 N–H and O–H groups in total. The van der Waals surface area contributed by atoms with Crippen molar-refractivity contribution >= 4 is 0 Å². The van der Waals surface area contributed by atoms with Gasteiger partial charge in [-0.25, -0.2) is 0 Å². The van der Waals surface area contributed by atoms with Crippen LogP contribution in [0.15, 0.2) is 0 Å². The lowest BCUT2D eigenvalue weighted by Gasteiger charge is -2.46. The van der Waals surface area contributed by atoms with Crippen LogP contribution in [0, 0.1) is 40.9 Å². The molecule has 0 saturated heterocycles. The smallest absolute Gasteiger partial charge is 0.0292 e. The van der Waals surface area contributed by atoms with Crippen molar-refractivity contribution in [3.05, 3.63) is 0 Å². The molecule has 4 rings (SSSR count). The number of rotatable bonds is 0. The van der Waals surface area contributed by atoms with E-state index in [9.17, 15) is 0 Å². The maximum atomic E-state index is 2.64. The van der Waals surface area contributed by atoms with E-state index in [4.69, 9.17) is 0 Å². The largest absolute Gasteiger partial charge is 0.0625 e. The van der Waals surface area contributed by atoms with Gasteiger partial charge in [-0.1, -0.05) is 26.7 Å². The van der Waals surface area contributed by atoms with E-state index in [1.165, 1.54) is 12.8 Å². The summed E-state index contributed by atoms with van der Waals surface area (Å²) < 4.78 is 0. The van der Waals surface area contributed by atoms with E-state index < -0.39 is 0 Å². The zero-order valence-electron chi connectivity index (χ0n) is 12.3. The van der Waals surface area contributed by atoms with Crippen LogP contribution < -0.4 is 0 Å². The Morgan fingerprint density at radius 1 is 0.889 bits per heavy atom. The minimum absolute atomic E-state index is 0.771. The molecule has 0 radical (unpaired) electrons. The van der Waals surface area contributed by atoms with E-state index in [-0.39, 0.29) is 0 Å². The summed E-state index contributed by atoms with van der Waals surface area (Å²) >= 11 is 0. The summed E-state index contributed by atoms with van der Waals surface area (Å²) in [5.74, 6) is 6.71. The van der Waals surface area contributed by atoms with Gasteiger partial charge in [-0.3, -0.25) is 0 Å². The Labute approximate surface area is 113 Å². The average Bonchev–Trinajstić information content (AvgIpc) is 2.82. The van der Waals surface area contributed by atoms with Crippen molar-refractivity contribution in [1.82, 2.24) is 0 Å². The van der Waals surface area contributed by atoms with E-state index in [0.717, 1.165) is 40.9 Å². The first kappa shape index (κ1) is 11.8. The van der Waals surface area contributed by atoms with E-state index >= 15 is 0 Å². The highest BCUT2D eigenvalue weighted by Gasteiger charge is 2.56. The molecule has 7 atom stereocenters. The Morgan fingerprint density at radius 2 is 1.72 bits per heavy atom. The summed E-state index contributed by atoms with van der Waals surface area (Å²) in [6.07, 6.45) is 14.1. The second-order valence-electron chi connectivity index (χ2n) is 8.60. The highest BCUT2D eigenvalue weighted by Crippen LogP contribution is 2.65. The van der Waals surface area contributed by atoms with Crippen molar-refractivity contribution in [3.8, 4) is 0 Å².